The Bertz CT molecular complexity index is 516. The molecule has 0 aromatic heterocycles. The molecule has 0 bridgehead atoms. The Labute approximate surface area is 148 Å². The number of carbonyl (C=O) groups is 3. The summed E-state index contributed by atoms with van der Waals surface area (Å²) in [7, 11) is 0. The molecule has 25 heavy (non-hydrogen) atoms. The Hall–Kier alpha value is -1.47. The second-order valence-corrected chi connectivity index (χ2v) is 7.45. The number of likely N-dealkylation sites (tertiary alicyclic amines) is 1. The Balaban J connectivity index is 2.33. The lowest BCUT2D eigenvalue weighted by molar-refractivity contribution is -0.163. The summed E-state index contributed by atoms with van der Waals surface area (Å²) in [5.74, 6) is -2.31. The normalized spacial score (nSPS) is 28.2. The molecular formula is C18H30N2O5. The summed E-state index contributed by atoms with van der Waals surface area (Å²) < 4.78 is 5.16. The second-order valence-electron chi connectivity index (χ2n) is 7.45. The van der Waals surface area contributed by atoms with Crippen LogP contribution in [0.2, 0.25) is 0 Å². The molecule has 7 heteroatoms. The molecule has 7 nitrogen and oxygen atoms in total. The number of ketones is 1. The fourth-order valence-electron chi connectivity index (χ4n) is 4.64. The van der Waals surface area contributed by atoms with E-state index in [1.165, 1.54) is 4.90 Å². The van der Waals surface area contributed by atoms with Crippen LogP contribution in [0.15, 0.2) is 0 Å². The van der Waals surface area contributed by atoms with Crippen molar-refractivity contribution < 1.29 is 24.2 Å². The van der Waals surface area contributed by atoms with Crippen LogP contribution in [-0.2, 0) is 19.1 Å². The minimum absolute atomic E-state index is 0.187. The highest BCUT2D eigenvalue weighted by Crippen LogP contribution is 2.45. The van der Waals surface area contributed by atoms with Crippen molar-refractivity contribution >= 4 is 17.7 Å². The summed E-state index contributed by atoms with van der Waals surface area (Å²) in [6.07, 6.45) is 5.44. The van der Waals surface area contributed by atoms with E-state index in [2.05, 4.69) is 0 Å². The number of Topliss-reactive ketones (excluding diaryl/α,β-unsaturated/α-hetero) is 1. The predicted octanol–water partition coefficient (Wildman–Crippen LogP) is 1.19. The van der Waals surface area contributed by atoms with Gasteiger partial charge in [-0.05, 0) is 32.1 Å². The number of hydrogen-bond acceptors (Lipinski definition) is 6. The van der Waals surface area contributed by atoms with Gasteiger partial charge >= 0.3 is 11.9 Å². The molecule has 1 aliphatic carbocycles. The van der Waals surface area contributed by atoms with E-state index in [4.69, 9.17) is 10.5 Å². The number of carboxylic acids is 1. The Morgan fingerprint density at radius 1 is 1.20 bits per heavy atom. The summed E-state index contributed by atoms with van der Waals surface area (Å²) in [4.78, 5) is 38.7. The fourth-order valence-corrected chi connectivity index (χ4v) is 4.64. The lowest BCUT2D eigenvalue weighted by Crippen LogP contribution is -2.64. The zero-order valence-electron chi connectivity index (χ0n) is 15.2. The molecule has 2 rings (SSSR count). The first-order chi connectivity index (χ1) is 11.8. The highest BCUT2D eigenvalue weighted by Gasteiger charge is 2.61. The van der Waals surface area contributed by atoms with Crippen molar-refractivity contribution in [2.75, 3.05) is 19.6 Å². The van der Waals surface area contributed by atoms with Crippen molar-refractivity contribution in [3.8, 4) is 0 Å². The fraction of sp³-hybridized carbons (Fsp3) is 0.833. The van der Waals surface area contributed by atoms with Crippen LogP contribution in [0.4, 0.5) is 0 Å². The van der Waals surface area contributed by atoms with Crippen molar-refractivity contribution in [3.63, 3.8) is 0 Å². The SMILES string of the molecule is CC(C)OC(=O)CN1CCC(C2CCCCC2)[C@]1(C(=O)O)C(=O)CN. The zero-order chi connectivity index (χ0) is 18.6. The molecule has 0 amide bonds. The van der Waals surface area contributed by atoms with Gasteiger partial charge in [0.2, 0.25) is 0 Å². The van der Waals surface area contributed by atoms with E-state index in [-0.39, 0.29) is 31.0 Å². The number of hydrogen-bond donors (Lipinski definition) is 2. The van der Waals surface area contributed by atoms with Gasteiger partial charge in [0.15, 0.2) is 11.3 Å². The molecular weight excluding hydrogens is 324 g/mol. The van der Waals surface area contributed by atoms with Gasteiger partial charge in [0.25, 0.3) is 0 Å². The Morgan fingerprint density at radius 3 is 2.36 bits per heavy atom. The van der Waals surface area contributed by atoms with Crippen LogP contribution >= 0.6 is 0 Å². The third-order valence-corrected chi connectivity index (χ3v) is 5.59. The Kier molecular flexibility index (Phi) is 6.57. The van der Waals surface area contributed by atoms with Crippen LogP contribution in [0, 0.1) is 11.8 Å². The molecule has 142 valence electrons. The number of ether oxygens (including phenoxy) is 1. The van der Waals surface area contributed by atoms with Crippen LogP contribution in [-0.4, -0.2) is 59.0 Å². The molecule has 1 aliphatic heterocycles. The van der Waals surface area contributed by atoms with Gasteiger partial charge in [0.05, 0.1) is 19.2 Å². The van der Waals surface area contributed by atoms with Crippen molar-refractivity contribution in [1.29, 1.82) is 0 Å². The predicted molar refractivity (Wildman–Crippen MR) is 91.9 cm³/mol. The van der Waals surface area contributed by atoms with Crippen molar-refractivity contribution in [3.05, 3.63) is 0 Å². The van der Waals surface area contributed by atoms with Gasteiger partial charge in [-0.3, -0.25) is 14.5 Å². The van der Waals surface area contributed by atoms with Gasteiger partial charge in [-0.1, -0.05) is 32.1 Å². The van der Waals surface area contributed by atoms with E-state index in [1.807, 2.05) is 0 Å². The largest absolute Gasteiger partial charge is 0.480 e. The summed E-state index contributed by atoms with van der Waals surface area (Å²) in [6.45, 7) is 3.33. The van der Waals surface area contributed by atoms with Crippen molar-refractivity contribution in [1.82, 2.24) is 4.90 Å². The monoisotopic (exact) mass is 354 g/mol. The average Bonchev–Trinajstić information content (AvgIpc) is 2.94. The van der Waals surface area contributed by atoms with Gasteiger partial charge in [-0.2, -0.15) is 0 Å². The minimum atomic E-state index is -1.70. The number of carboxylic acid groups (broad SMARTS) is 1. The smallest absolute Gasteiger partial charge is 0.332 e. The molecule has 0 aromatic carbocycles. The van der Waals surface area contributed by atoms with E-state index < -0.39 is 23.3 Å². The molecule has 1 saturated heterocycles. The quantitative estimate of drug-likeness (QED) is 0.522. The zero-order valence-corrected chi connectivity index (χ0v) is 15.2. The summed E-state index contributed by atoms with van der Waals surface area (Å²) >= 11 is 0. The van der Waals surface area contributed by atoms with Gasteiger partial charge in [0, 0.05) is 6.54 Å². The van der Waals surface area contributed by atoms with Gasteiger partial charge < -0.3 is 15.6 Å². The molecule has 1 heterocycles. The van der Waals surface area contributed by atoms with Crippen LogP contribution < -0.4 is 5.73 Å². The maximum Gasteiger partial charge on any atom is 0.332 e. The van der Waals surface area contributed by atoms with Gasteiger partial charge in [-0.15, -0.1) is 0 Å². The summed E-state index contributed by atoms with van der Waals surface area (Å²) in [5, 5.41) is 10.1. The van der Waals surface area contributed by atoms with Crippen LogP contribution in [0.1, 0.15) is 52.4 Å². The summed E-state index contributed by atoms with van der Waals surface area (Å²) in [6, 6.07) is 0. The minimum Gasteiger partial charge on any atom is -0.480 e. The van der Waals surface area contributed by atoms with E-state index in [0.29, 0.717) is 13.0 Å². The first-order valence-corrected chi connectivity index (χ1v) is 9.25. The van der Waals surface area contributed by atoms with E-state index in [0.717, 1.165) is 32.1 Å². The molecule has 0 radical (unpaired) electrons. The second kappa shape index (κ2) is 8.27. The number of aliphatic carboxylic acids is 1. The Morgan fingerprint density at radius 2 is 1.84 bits per heavy atom. The number of carbonyl (C=O) groups excluding carboxylic acids is 2. The number of nitrogens with two attached hydrogens (primary N) is 1. The number of esters is 1. The van der Waals surface area contributed by atoms with Gasteiger partial charge in [0.1, 0.15) is 0 Å². The molecule has 2 aliphatic rings. The average molecular weight is 354 g/mol. The first-order valence-electron chi connectivity index (χ1n) is 9.25. The van der Waals surface area contributed by atoms with Crippen LogP contribution in [0.3, 0.4) is 0 Å². The van der Waals surface area contributed by atoms with E-state index in [9.17, 15) is 19.5 Å². The molecule has 2 atom stereocenters. The third kappa shape index (κ3) is 3.87. The van der Waals surface area contributed by atoms with Crippen molar-refractivity contribution in [2.24, 2.45) is 17.6 Å². The maximum atomic E-state index is 12.7. The highest BCUT2D eigenvalue weighted by molar-refractivity contribution is 6.09. The lowest BCUT2D eigenvalue weighted by Gasteiger charge is -2.41. The highest BCUT2D eigenvalue weighted by atomic mass is 16.5. The molecule has 1 unspecified atom stereocenters. The third-order valence-electron chi connectivity index (χ3n) is 5.59. The van der Waals surface area contributed by atoms with Crippen LogP contribution in [0.25, 0.3) is 0 Å². The summed E-state index contributed by atoms with van der Waals surface area (Å²) in [5.41, 5.74) is 3.88. The molecule has 2 fully saturated rings. The topological polar surface area (TPSA) is 110 Å². The van der Waals surface area contributed by atoms with Crippen molar-refractivity contribution in [2.45, 2.75) is 64.0 Å². The maximum absolute atomic E-state index is 12.7. The molecule has 3 N–H and O–H groups in total. The first kappa shape index (κ1) is 19.8. The molecule has 0 aromatic rings. The standard InChI is InChI=1S/C18H30N2O5/c1-12(2)25-16(22)11-20-9-8-14(13-6-4-3-5-7-13)18(20,17(23)24)15(21)10-19/h12-14H,3-11,19H2,1-2H3,(H,23,24)/t14?,18-/m1/s1. The molecule has 1 saturated carbocycles. The van der Waals surface area contributed by atoms with E-state index >= 15 is 0 Å². The molecule has 0 spiro atoms. The van der Waals surface area contributed by atoms with Crippen LogP contribution in [0.5, 0.6) is 0 Å². The van der Waals surface area contributed by atoms with E-state index in [1.54, 1.807) is 13.8 Å². The number of rotatable bonds is 7. The van der Waals surface area contributed by atoms with Gasteiger partial charge in [-0.25, -0.2) is 4.79 Å². The number of nitrogens with zero attached hydrogens (tertiary/aromatic N) is 1. The lowest BCUT2D eigenvalue weighted by atomic mass is 9.68.